The highest BCUT2D eigenvalue weighted by Gasteiger charge is 2.14. The minimum absolute atomic E-state index is 0.0627. The lowest BCUT2D eigenvalue weighted by atomic mass is 10.1. The monoisotopic (exact) mass is 393 g/mol. The van der Waals surface area contributed by atoms with Crippen LogP contribution >= 0.6 is 11.3 Å². The first-order valence-electron chi connectivity index (χ1n) is 8.70. The van der Waals surface area contributed by atoms with Crippen molar-refractivity contribution in [3.05, 3.63) is 65.8 Å². The fraction of sp³-hybridized carbons (Fsp3) is 0.143. The quantitative estimate of drug-likeness (QED) is 0.532. The molecule has 7 heteroatoms. The number of fused-ring (bicyclic) bond motifs is 1. The molecule has 0 atom stereocenters. The van der Waals surface area contributed by atoms with Crippen molar-refractivity contribution in [1.82, 2.24) is 9.38 Å². The van der Waals surface area contributed by atoms with Gasteiger partial charge in [0.15, 0.2) is 16.5 Å². The Morgan fingerprint density at radius 1 is 1.11 bits per heavy atom. The summed E-state index contributed by atoms with van der Waals surface area (Å²) in [5, 5.41) is 4.88. The van der Waals surface area contributed by atoms with Crippen LogP contribution in [0.4, 0.5) is 5.69 Å². The highest BCUT2D eigenvalue weighted by atomic mass is 32.1. The van der Waals surface area contributed by atoms with Gasteiger partial charge in [0.25, 0.3) is 0 Å². The van der Waals surface area contributed by atoms with E-state index in [1.165, 1.54) is 11.3 Å². The number of ether oxygens (including phenoxy) is 2. The molecule has 0 aliphatic carbocycles. The van der Waals surface area contributed by atoms with Gasteiger partial charge in [-0.15, -0.1) is 11.3 Å². The van der Waals surface area contributed by atoms with E-state index in [4.69, 9.17) is 9.47 Å². The Kier molecular flexibility index (Phi) is 4.99. The second-order valence-corrected chi connectivity index (χ2v) is 7.00. The molecule has 4 aromatic rings. The minimum atomic E-state index is -0.0627. The normalized spacial score (nSPS) is 10.8. The number of carbonyl (C=O) groups excluding carboxylic acids is 1. The number of imidazole rings is 1. The van der Waals surface area contributed by atoms with Crippen LogP contribution in [0.25, 0.3) is 16.2 Å². The maximum absolute atomic E-state index is 12.4. The van der Waals surface area contributed by atoms with Crippen molar-refractivity contribution in [3.8, 4) is 22.8 Å². The summed E-state index contributed by atoms with van der Waals surface area (Å²) in [6.07, 6.45) is 2.22. The van der Waals surface area contributed by atoms with Crippen molar-refractivity contribution in [1.29, 1.82) is 0 Å². The number of carbonyl (C=O) groups is 1. The number of thiazole rings is 1. The fourth-order valence-electron chi connectivity index (χ4n) is 2.98. The third-order valence-corrected chi connectivity index (χ3v) is 5.25. The van der Waals surface area contributed by atoms with Gasteiger partial charge in [0.2, 0.25) is 5.91 Å². The van der Waals surface area contributed by atoms with Crippen molar-refractivity contribution in [3.63, 3.8) is 0 Å². The van der Waals surface area contributed by atoms with E-state index >= 15 is 0 Å². The Bertz CT molecular complexity index is 1120. The average molecular weight is 393 g/mol. The zero-order valence-electron chi connectivity index (χ0n) is 15.5. The number of nitrogens with one attached hydrogen (secondary N) is 1. The Morgan fingerprint density at radius 3 is 2.64 bits per heavy atom. The standard InChI is InChI=1S/C21H19N3O3S/c1-26-18-9-8-14(10-19(18)27-2)17-12-24-16(13-28-21(24)23-17)11-20(25)22-15-6-4-3-5-7-15/h3-10,12-13H,11H2,1-2H3,(H,22,25). The van der Waals surface area contributed by atoms with Gasteiger partial charge in [-0.2, -0.15) is 0 Å². The van der Waals surface area contributed by atoms with Crippen molar-refractivity contribution in [2.24, 2.45) is 0 Å². The van der Waals surface area contributed by atoms with Gasteiger partial charge in [0.1, 0.15) is 0 Å². The first-order chi connectivity index (χ1) is 13.7. The summed E-state index contributed by atoms with van der Waals surface area (Å²) < 4.78 is 12.6. The van der Waals surface area contributed by atoms with Crippen LogP contribution in [0.1, 0.15) is 5.69 Å². The summed E-state index contributed by atoms with van der Waals surface area (Å²) >= 11 is 1.51. The van der Waals surface area contributed by atoms with Crippen molar-refractivity contribution < 1.29 is 14.3 Å². The number of methoxy groups -OCH3 is 2. The zero-order valence-corrected chi connectivity index (χ0v) is 16.3. The summed E-state index contributed by atoms with van der Waals surface area (Å²) in [7, 11) is 3.22. The molecule has 0 saturated heterocycles. The van der Waals surface area contributed by atoms with Gasteiger partial charge in [-0.1, -0.05) is 18.2 Å². The second kappa shape index (κ2) is 7.74. The minimum Gasteiger partial charge on any atom is -0.493 e. The van der Waals surface area contributed by atoms with E-state index in [9.17, 15) is 4.79 Å². The van der Waals surface area contributed by atoms with E-state index in [-0.39, 0.29) is 12.3 Å². The molecule has 0 radical (unpaired) electrons. The van der Waals surface area contributed by atoms with Crippen molar-refractivity contribution >= 4 is 27.9 Å². The molecule has 1 N–H and O–H groups in total. The Balaban J connectivity index is 1.58. The number of amides is 1. The smallest absolute Gasteiger partial charge is 0.230 e. The molecule has 4 rings (SSSR count). The van der Waals surface area contributed by atoms with Crippen LogP contribution in [0.15, 0.2) is 60.1 Å². The van der Waals surface area contributed by atoms with Gasteiger partial charge in [-0.3, -0.25) is 9.20 Å². The second-order valence-electron chi connectivity index (χ2n) is 6.17. The molecule has 0 aliphatic heterocycles. The summed E-state index contributed by atoms with van der Waals surface area (Å²) in [4.78, 5) is 17.9. The summed E-state index contributed by atoms with van der Waals surface area (Å²) in [5.41, 5.74) is 3.43. The molecule has 0 saturated carbocycles. The van der Waals surface area contributed by atoms with E-state index in [0.717, 1.165) is 27.6 Å². The van der Waals surface area contributed by atoms with E-state index in [1.807, 2.05) is 64.5 Å². The first kappa shape index (κ1) is 18.1. The molecule has 6 nitrogen and oxygen atoms in total. The van der Waals surface area contributed by atoms with Gasteiger partial charge in [-0.25, -0.2) is 4.98 Å². The molecule has 0 unspecified atom stereocenters. The number of benzene rings is 2. The fourth-order valence-corrected chi connectivity index (χ4v) is 3.86. The van der Waals surface area contributed by atoms with Gasteiger partial charge < -0.3 is 14.8 Å². The highest BCUT2D eigenvalue weighted by molar-refractivity contribution is 7.15. The first-order valence-corrected chi connectivity index (χ1v) is 9.58. The van der Waals surface area contributed by atoms with E-state index in [2.05, 4.69) is 10.3 Å². The third kappa shape index (κ3) is 3.57. The molecule has 2 aromatic heterocycles. The molecule has 0 fully saturated rings. The van der Waals surface area contributed by atoms with E-state index in [1.54, 1.807) is 14.2 Å². The maximum Gasteiger partial charge on any atom is 0.230 e. The summed E-state index contributed by atoms with van der Waals surface area (Å²) in [5.74, 6) is 1.26. The van der Waals surface area contributed by atoms with Crippen LogP contribution in [0.3, 0.4) is 0 Å². The molecular weight excluding hydrogens is 374 g/mol. The van der Waals surface area contributed by atoms with E-state index in [0.29, 0.717) is 11.5 Å². The lowest BCUT2D eigenvalue weighted by molar-refractivity contribution is -0.115. The van der Waals surface area contributed by atoms with Crippen molar-refractivity contribution in [2.45, 2.75) is 6.42 Å². The largest absolute Gasteiger partial charge is 0.493 e. The molecule has 2 heterocycles. The number of hydrogen-bond acceptors (Lipinski definition) is 5. The molecule has 0 bridgehead atoms. The highest BCUT2D eigenvalue weighted by Crippen LogP contribution is 2.32. The molecule has 0 spiro atoms. The number of anilines is 1. The number of hydrogen-bond donors (Lipinski definition) is 1. The van der Waals surface area contributed by atoms with Crippen LogP contribution in [0.2, 0.25) is 0 Å². The lowest BCUT2D eigenvalue weighted by Gasteiger charge is -2.08. The van der Waals surface area contributed by atoms with Crippen LogP contribution in [-0.2, 0) is 11.2 Å². The van der Waals surface area contributed by atoms with Gasteiger partial charge in [-0.05, 0) is 30.3 Å². The van der Waals surface area contributed by atoms with Crippen LogP contribution in [-0.4, -0.2) is 29.5 Å². The lowest BCUT2D eigenvalue weighted by Crippen LogP contribution is -2.15. The molecule has 0 aliphatic rings. The van der Waals surface area contributed by atoms with E-state index < -0.39 is 0 Å². The Labute approximate surface area is 166 Å². The molecule has 142 valence electrons. The number of aromatic nitrogens is 2. The number of nitrogens with zero attached hydrogens (tertiary/aromatic N) is 2. The third-order valence-electron chi connectivity index (χ3n) is 4.36. The number of rotatable bonds is 6. The summed E-state index contributed by atoms with van der Waals surface area (Å²) in [6.45, 7) is 0. The molecule has 28 heavy (non-hydrogen) atoms. The number of para-hydroxylation sites is 1. The molecular formula is C21H19N3O3S. The van der Waals surface area contributed by atoms with Crippen LogP contribution in [0.5, 0.6) is 11.5 Å². The van der Waals surface area contributed by atoms with Gasteiger partial charge in [0.05, 0.1) is 26.3 Å². The van der Waals surface area contributed by atoms with Gasteiger partial charge >= 0.3 is 0 Å². The molecule has 1 amide bonds. The van der Waals surface area contributed by atoms with Crippen LogP contribution < -0.4 is 14.8 Å². The Hall–Kier alpha value is -3.32. The van der Waals surface area contributed by atoms with Gasteiger partial charge in [0, 0.05) is 28.5 Å². The SMILES string of the molecule is COc1ccc(-c2cn3c(CC(=O)Nc4ccccc4)csc3n2)cc1OC. The predicted octanol–water partition coefficient (Wildman–Crippen LogP) is 4.26. The Morgan fingerprint density at radius 2 is 1.89 bits per heavy atom. The topological polar surface area (TPSA) is 64.9 Å². The maximum atomic E-state index is 12.4. The van der Waals surface area contributed by atoms with Crippen LogP contribution in [0, 0.1) is 0 Å². The predicted molar refractivity (Wildman–Crippen MR) is 110 cm³/mol. The molecule has 2 aromatic carbocycles. The van der Waals surface area contributed by atoms with Crippen molar-refractivity contribution in [2.75, 3.05) is 19.5 Å². The average Bonchev–Trinajstić information content (AvgIpc) is 3.30. The summed E-state index contributed by atoms with van der Waals surface area (Å²) in [6, 6.07) is 15.1. The zero-order chi connectivity index (χ0) is 19.5.